The maximum Gasteiger partial charge on any atom is 0.248 e. The SMILES string of the molecule is COc1cc2c(NSc3c(OC)cccc3OC)noc2cc1Nc1ccn[nH]1.FC1(F)CC1. The Balaban J connectivity index is 0.000000486. The molecular formula is C22H23F2N5O4S. The van der Waals surface area contributed by atoms with Gasteiger partial charge in [0.1, 0.15) is 28.0 Å². The highest BCUT2D eigenvalue weighted by Crippen LogP contribution is 2.41. The van der Waals surface area contributed by atoms with Gasteiger partial charge in [0, 0.05) is 25.0 Å². The Labute approximate surface area is 198 Å². The Morgan fingerprint density at radius 1 is 1.03 bits per heavy atom. The summed E-state index contributed by atoms with van der Waals surface area (Å²) in [6, 6.07) is 11.1. The van der Waals surface area contributed by atoms with E-state index >= 15 is 0 Å². The van der Waals surface area contributed by atoms with Gasteiger partial charge in [-0.2, -0.15) is 5.10 Å². The Morgan fingerprint density at radius 2 is 1.71 bits per heavy atom. The van der Waals surface area contributed by atoms with Crippen LogP contribution in [-0.4, -0.2) is 42.6 Å². The van der Waals surface area contributed by atoms with Crippen LogP contribution < -0.4 is 24.2 Å². The first-order valence-corrected chi connectivity index (χ1v) is 11.0. The summed E-state index contributed by atoms with van der Waals surface area (Å²) in [6.45, 7) is 0. The van der Waals surface area contributed by atoms with E-state index in [4.69, 9.17) is 18.7 Å². The summed E-state index contributed by atoms with van der Waals surface area (Å²) < 4.78 is 47.3. The van der Waals surface area contributed by atoms with Gasteiger partial charge >= 0.3 is 0 Å². The van der Waals surface area contributed by atoms with E-state index in [1.54, 1.807) is 27.5 Å². The van der Waals surface area contributed by atoms with E-state index in [2.05, 4.69) is 25.4 Å². The molecular weight excluding hydrogens is 468 g/mol. The molecule has 1 aliphatic carbocycles. The highest BCUT2D eigenvalue weighted by Gasteiger charge is 2.43. The minimum atomic E-state index is -2.25. The number of benzene rings is 2. The van der Waals surface area contributed by atoms with E-state index in [1.807, 2.05) is 36.4 Å². The summed E-state index contributed by atoms with van der Waals surface area (Å²) in [5, 5.41) is 14.9. The van der Waals surface area contributed by atoms with Crippen LogP contribution in [-0.2, 0) is 0 Å². The fraction of sp³-hybridized carbons (Fsp3) is 0.273. The van der Waals surface area contributed by atoms with Crippen LogP contribution in [0.1, 0.15) is 12.8 Å². The van der Waals surface area contributed by atoms with Crippen molar-refractivity contribution in [2.75, 3.05) is 31.4 Å². The molecule has 2 aromatic carbocycles. The number of ether oxygens (including phenoxy) is 3. The molecule has 1 fully saturated rings. The number of aromatic nitrogens is 3. The third-order valence-corrected chi connectivity index (χ3v) is 5.72. The van der Waals surface area contributed by atoms with Crippen LogP contribution in [0.15, 0.2) is 52.0 Å². The molecule has 34 heavy (non-hydrogen) atoms. The van der Waals surface area contributed by atoms with Crippen LogP contribution >= 0.6 is 11.9 Å². The number of methoxy groups -OCH3 is 3. The standard InChI is InChI=1S/C19H19N5O4S.C3H4F2/c1-25-13-5-4-6-14(26-2)18(13)29-24-19-11-9-16(27-3)12(10-15(11)28-23-19)21-17-7-8-20-22-17;4-3(5)1-2-3/h4-10H,1-3H3,(H,23,24)(H2,20,21,22);1-2H2. The lowest BCUT2D eigenvalue weighted by molar-refractivity contribution is 0.120. The monoisotopic (exact) mass is 491 g/mol. The van der Waals surface area contributed by atoms with Crippen LogP contribution in [0, 0.1) is 0 Å². The highest BCUT2D eigenvalue weighted by molar-refractivity contribution is 8.00. The molecule has 9 nitrogen and oxygen atoms in total. The lowest BCUT2D eigenvalue weighted by Gasteiger charge is -2.12. The summed E-state index contributed by atoms with van der Waals surface area (Å²) in [5.41, 5.74) is 1.33. The Hall–Kier alpha value is -3.67. The van der Waals surface area contributed by atoms with Crippen LogP contribution in [0.3, 0.4) is 0 Å². The molecule has 0 spiro atoms. The van der Waals surface area contributed by atoms with E-state index in [9.17, 15) is 8.78 Å². The van der Waals surface area contributed by atoms with Crippen molar-refractivity contribution in [3.05, 3.63) is 42.6 Å². The number of fused-ring (bicyclic) bond motifs is 1. The van der Waals surface area contributed by atoms with Gasteiger partial charge in [0.2, 0.25) is 5.92 Å². The molecule has 1 saturated carbocycles. The van der Waals surface area contributed by atoms with Gasteiger partial charge in [-0.15, -0.1) is 0 Å². The predicted molar refractivity (Wildman–Crippen MR) is 126 cm³/mol. The molecule has 0 aliphatic heterocycles. The molecule has 0 radical (unpaired) electrons. The minimum Gasteiger partial charge on any atom is -0.495 e. The molecule has 4 aromatic rings. The van der Waals surface area contributed by atoms with E-state index < -0.39 is 5.92 Å². The quantitative estimate of drug-likeness (QED) is 0.261. The van der Waals surface area contributed by atoms with Gasteiger partial charge < -0.3 is 28.8 Å². The molecule has 2 aromatic heterocycles. The van der Waals surface area contributed by atoms with E-state index in [0.717, 1.165) is 21.8 Å². The van der Waals surface area contributed by atoms with Gasteiger partial charge in [-0.05, 0) is 30.1 Å². The Kier molecular flexibility index (Phi) is 6.96. The van der Waals surface area contributed by atoms with Crippen molar-refractivity contribution in [3.8, 4) is 17.2 Å². The number of hydrogen-bond acceptors (Lipinski definition) is 9. The average molecular weight is 492 g/mol. The minimum absolute atomic E-state index is 0.118. The van der Waals surface area contributed by atoms with Crippen LogP contribution in [0.5, 0.6) is 17.2 Å². The first kappa shape index (κ1) is 23.5. The molecule has 0 bridgehead atoms. The maximum absolute atomic E-state index is 11.1. The lowest BCUT2D eigenvalue weighted by Crippen LogP contribution is -1.96. The number of nitrogens with zero attached hydrogens (tertiary/aromatic N) is 2. The third kappa shape index (κ3) is 5.45. The predicted octanol–water partition coefficient (Wildman–Crippen LogP) is 5.86. The second-order valence-electron chi connectivity index (χ2n) is 7.23. The number of rotatable bonds is 8. The maximum atomic E-state index is 11.1. The molecule has 3 N–H and O–H groups in total. The second kappa shape index (κ2) is 10.1. The number of aromatic amines is 1. The topological polar surface area (TPSA) is 106 Å². The highest BCUT2D eigenvalue weighted by atomic mass is 32.2. The zero-order valence-electron chi connectivity index (χ0n) is 18.6. The van der Waals surface area contributed by atoms with E-state index in [0.29, 0.717) is 28.6 Å². The molecule has 1 aliphatic rings. The van der Waals surface area contributed by atoms with E-state index in [1.165, 1.54) is 11.9 Å². The number of halogens is 2. The fourth-order valence-corrected chi connectivity index (χ4v) is 3.74. The van der Waals surface area contributed by atoms with Crippen molar-refractivity contribution < 1.29 is 27.5 Å². The number of hydrogen-bond donors (Lipinski definition) is 3. The number of H-pyrrole nitrogens is 1. The molecule has 0 amide bonds. The van der Waals surface area contributed by atoms with Crippen molar-refractivity contribution in [3.63, 3.8) is 0 Å². The van der Waals surface area contributed by atoms with E-state index in [-0.39, 0.29) is 12.8 Å². The Morgan fingerprint density at radius 3 is 2.26 bits per heavy atom. The van der Waals surface area contributed by atoms with Gasteiger partial charge in [0.05, 0.1) is 38.6 Å². The third-order valence-electron chi connectivity index (χ3n) is 4.82. The molecule has 12 heteroatoms. The van der Waals surface area contributed by atoms with Crippen molar-refractivity contribution in [1.82, 2.24) is 15.4 Å². The summed E-state index contributed by atoms with van der Waals surface area (Å²) >= 11 is 1.32. The van der Waals surface area contributed by atoms with Crippen molar-refractivity contribution in [2.45, 2.75) is 23.7 Å². The molecule has 0 unspecified atom stereocenters. The smallest absolute Gasteiger partial charge is 0.248 e. The normalized spacial score (nSPS) is 13.6. The zero-order valence-corrected chi connectivity index (χ0v) is 19.5. The molecule has 0 saturated heterocycles. The first-order chi connectivity index (χ1) is 16.4. The van der Waals surface area contributed by atoms with Gasteiger partial charge in [0.25, 0.3) is 0 Å². The second-order valence-corrected chi connectivity index (χ2v) is 8.04. The number of alkyl halides is 2. The number of anilines is 3. The fourth-order valence-electron chi connectivity index (χ4n) is 2.89. The zero-order chi connectivity index (χ0) is 24.1. The van der Waals surface area contributed by atoms with Crippen molar-refractivity contribution >= 4 is 40.2 Å². The van der Waals surface area contributed by atoms with Gasteiger partial charge in [0.15, 0.2) is 11.4 Å². The largest absolute Gasteiger partial charge is 0.495 e. The van der Waals surface area contributed by atoms with Gasteiger partial charge in [-0.1, -0.05) is 11.2 Å². The molecule has 180 valence electrons. The molecule has 2 heterocycles. The summed E-state index contributed by atoms with van der Waals surface area (Å²) in [5.74, 6) is 1.07. The van der Waals surface area contributed by atoms with Gasteiger partial charge in [-0.25, -0.2) is 8.78 Å². The molecule has 5 rings (SSSR count). The van der Waals surface area contributed by atoms with Crippen LogP contribution in [0.25, 0.3) is 11.0 Å². The Bertz CT molecular complexity index is 1220. The van der Waals surface area contributed by atoms with Crippen molar-refractivity contribution in [2.24, 2.45) is 0 Å². The van der Waals surface area contributed by atoms with Crippen LogP contribution in [0.4, 0.5) is 26.1 Å². The summed E-state index contributed by atoms with van der Waals surface area (Å²) in [7, 11) is 4.83. The first-order valence-electron chi connectivity index (χ1n) is 10.2. The number of nitrogens with one attached hydrogen (secondary N) is 3. The molecule has 0 atom stereocenters. The average Bonchev–Trinajstić information content (AvgIpc) is 3.20. The summed E-state index contributed by atoms with van der Waals surface area (Å²) in [6.07, 6.45) is 1.90. The summed E-state index contributed by atoms with van der Waals surface area (Å²) in [4.78, 5) is 0.804. The lowest BCUT2D eigenvalue weighted by atomic mass is 10.2. The van der Waals surface area contributed by atoms with Gasteiger partial charge in [-0.3, -0.25) is 5.10 Å². The van der Waals surface area contributed by atoms with Crippen molar-refractivity contribution in [1.29, 1.82) is 0 Å². The van der Waals surface area contributed by atoms with Crippen LogP contribution in [0.2, 0.25) is 0 Å².